The fraction of sp³-hybridized carbons (Fsp3) is 0.286. The Morgan fingerprint density at radius 3 is 3.11 bits per heavy atom. The number of nitrogens with zero attached hydrogens (tertiary/aromatic N) is 2. The minimum Gasteiger partial charge on any atom is -0.493 e. The van der Waals surface area contributed by atoms with Crippen molar-refractivity contribution in [2.24, 2.45) is 0 Å². The van der Waals surface area contributed by atoms with Crippen LogP contribution in [0.3, 0.4) is 0 Å². The number of benzene rings is 1. The highest BCUT2D eigenvalue weighted by molar-refractivity contribution is 5.49. The maximum Gasteiger partial charge on any atom is 0.221 e. The molecule has 1 aromatic heterocycles. The molecule has 0 radical (unpaired) electrons. The second kappa shape index (κ2) is 4.76. The number of aryl methyl sites for hydroxylation is 1. The molecule has 1 aliphatic heterocycles. The largest absolute Gasteiger partial charge is 0.493 e. The van der Waals surface area contributed by atoms with Crippen LogP contribution in [-0.2, 0) is 0 Å². The molecule has 0 bridgehead atoms. The molecule has 3 N–H and O–H groups in total. The van der Waals surface area contributed by atoms with Crippen LogP contribution in [-0.4, -0.2) is 16.6 Å². The monoisotopic (exact) mass is 256 g/mol. The summed E-state index contributed by atoms with van der Waals surface area (Å²) in [5, 5.41) is 3.44. The van der Waals surface area contributed by atoms with E-state index in [4.69, 9.17) is 10.5 Å². The first-order chi connectivity index (χ1) is 9.24. The van der Waals surface area contributed by atoms with E-state index in [1.807, 2.05) is 25.1 Å². The first-order valence-corrected chi connectivity index (χ1v) is 6.31. The molecule has 5 heteroatoms. The summed E-state index contributed by atoms with van der Waals surface area (Å²) in [6, 6.07) is 8.26. The summed E-state index contributed by atoms with van der Waals surface area (Å²) in [4.78, 5) is 8.23. The Labute approximate surface area is 111 Å². The number of fused-ring (bicyclic) bond motifs is 1. The molecule has 98 valence electrons. The van der Waals surface area contributed by atoms with Crippen molar-refractivity contribution in [3.05, 3.63) is 41.6 Å². The van der Waals surface area contributed by atoms with Crippen LogP contribution in [0.25, 0.3) is 0 Å². The number of nitrogens with two attached hydrogens (primary N) is 1. The van der Waals surface area contributed by atoms with Crippen LogP contribution in [0.5, 0.6) is 5.75 Å². The number of nitrogen functional groups attached to an aromatic ring is 1. The third-order valence-electron chi connectivity index (χ3n) is 3.26. The van der Waals surface area contributed by atoms with E-state index in [0.717, 1.165) is 29.1 Å². The van der Waals surface area contributed by atoms with Gasteiger partial charge in [0.05, 0.1) is 12.6 Å². The second-order valence-electron chi connectivity index (χ2n) is 4.63. The summed E-state index contributed by atoms with van der Waals surface area (Å²) < 4.78 is 5.65. The third kappa shape index (κ3) is 2.31. The first kappa shape index (κ1) is 11.8. The molecule has 1 atom stereocenters. The van der Waals surface area contributed by atoms with Crippen LogP contribution in [0.4, 0.5) is 11.8 Å². The number of aromatic nitrogens is 2. The quantitative estimate of drug-likeness (QED) is 0.862. The molecule has 0 saturated heterocycles. The summed E-state index contributed by atoms with van der Waals surface area (Å²) in [5.74, 6) is 2.01. The van der Waals surface area contributed by atoms with Crippen LogP contribution in [0, 0.1) is 6.92 Å². The van der Waals surface area contributed by atoms with Gasteiger partial charge < -0.3 is 15.8 Å². The lowest BCUT2D eigenvalue weighted by molar-refractivity contribution is 0.274. The average Bonchev–Trinajstić information content (AvgIpc) is 2.43. The number of rotatable bonds is 2. The van der Waals surface area contributed by atoms with Gasteiger partial charge in [-0.05, 0) is 13.0 Å². The molecule has 5 nitrogen and oxygen atoms in total. The molecular weight excluding hydrogens is 240 g/mol. The second-order valence-corrected chi connectivity index (χ2v) is 4.63. The topological polar surface area (TPSA) is 73.1 Å². The molecular formula is C14H16N4O. The lowest BCUT2D eigenvalue weighted by Crippen LogP contribution is -2.21. The lowest BCUT2D eigenvalue weighted by atomic mass is 10.0. The molecule has 0 fully saturated rings. The highest BCUT2D eigenvalue weighted by atomic mass is 16.5. The van der Waals surface area contributed by atoms with E-state index in [-0.39, 0.29) is 12.0 Å². The Morgan fingerprint density at radius 2 is 2.21 bits per heavy atom. The van der Waals surface area contributed by atoms with Crippen molar-refractivity contribution in [1.82, 2.24) is 9.97 Å². The molecule has 0 aliphatic carbocycles. The highest BCUT2D eigenvalue weighted by Gasteiger charge is 2.21. The number of hydrogen-bond donors (Lipinski definition) is 2. The predicted molar refractivity (Wildman–Crippen MR) is 74.1 cm³/mol. The van der Waals surface area contributed by atoms with Crippen LogP contribution in [0.2, 0.25) is 0 Å². The molecule has 0 saturated carbocycles. The molecule has 2 aromatic rings. The summed E-state index contributed by atoms with van der Waals surface area (Å²) in [6.07, 6.45) is 2.64. The average molecular weight is 256 g/mol. The van der Waals surface area contributed by atoms with E-state index in [1.54, 1.807) is 6.20 Å². The van der Waals surface area contributed by atoms with Crippen molar-refractivity contribution in [3.63, 3.8) is 0 Å². The molecule has 1 unspecified atom stereocenters. The zero-order valence-electron chi connectivity index (χ0n) is 10.8. The van der Waals surface area contributed by atoms with Crippen molar-refractivity contribution in [2.75, 3.05) is 17.7 Å². The van der Waals surface area contributed by atoms with Gasteiger partial charge in [0.15, 0.2) is 0 Å². The lowest BCUT2D eigenvalue weighted by Gasteiger charge is -2.27. The van der Waals surface area contributed by atoms with Crippen LogP contribution < -0.4 is 15.8 Å². The number of ether oxygens (including phenoxy) is 1. The van der Waals surface area contributed by atoms with Crippen molar-refractivity contribution < 1.29 is 4.74 Å². The van der Waals surface area contributed by atoms with Crippen molar-refractivity contribution in [1.29, 1.82) is 0 Å². The smallest absolute Gasteiger partial charge is 0.221 e. The van der Waals surface area contributed by atoms with Gasteiger partial charge in [0.25, 0.3) is 0 Å². The first-order valence-electron chi connectivity index (χ1n) is 6.31. The molecule has 2 heterocycles. The summed E-state index contributed by atoms with van der Waals surface area (Å²) >= 11 is 0. The zero-order valence-corrected chi connectivity index (χ0v) is 10.8. The molecule has 1 aliphatic rings. The van der Waals surface area contributed by atoms with Gasteiger partial charge in [-0.25, -0.2) is 4.98 Å². The number of nitrogens with one attached hydrogen (secondary N) is 1. The van der Waals surface area contributed by atoms with Gasteiger partial charge in [-0.1, -0.05) is 18.2 Å². The SMILES string of the molecule is Cc1cnc(N)nc1NC1CCOc2ccccc21. The Morgan fingerprint density at radius 1 is 1.37 bits per heavy atom. The van der Waals surface area contributed by atoms with E-state index in [9.17, 15) is 0 Å². The van der Waals surface area contributed by atoms with Gasteiger partial charge in [-0.15, -0.1) is 0 Å². The third-order valence-corrected chi connectivity index (χ3v) is 3.26. The maximum atomic E-state index is 5.65. The predicted octanol–water partition coefficient (Wildman–Crippen LogP) is 2.30. The number of hydrogen-bond acceptors (Lipinski definition) is 5. The van der Waals surface area contributed by atoms with E-state index in [0.29, 0.717) is 6.61 Å². The summed E-state index contributed by atoms with van der Waals surface area (Å²) in [7, 11) is 0. The number of anilines is 2. The standard InChI is InChI=1S/C14H16N4O/c1-9-8-16-14(15)18-13(9)17-11-6-7-19-12-5-3-2-4-10(11)12/h2-5,8,11H,6-7H2,1H3,(H3,15,16,17,18). The molecule has 0 spiro atoms. The van der Waals surface area contributed by atoms with Gasteiger partial charge >= 0.3 is 0 Å². The summed E-state index contributed by atoms with van der Waals surface area (Å²) in [5.41, 5.74) is 7.78. The van der Waals surface area contributed by atoms with Crippen molar-refractivity contribution >= 4 is 11.8 Å². The molecule has 19 heavy (non-hydrogen) atoms. The Bertz CT molecular complexity index is 600. The molecule has 0 amide bonds. The fourth-order valence-electron chi connectivity index (χ4n) is 2.26. The van der Waals surface area contributed by atoms with E-state index in [2.05, 4.69) is 21.4 Å². The highest BCUT2D eigenvalue weighted by Crippen LogP contribution is 2.34. The van der Waals surface area contributed by atoms with E-state index in [1.165, 1.54) is 0 Å². The fourth-order valence-corrected chi connectivity index (χ4v) is 2.26. The normalized spacial score (nSPS) is 17.4. The Hall–Kier alpha value is -2.30. The Balaban J connectivity index is 1.90. The van der Waals surface area contributed by atoms with Crippen LogP contribution in [0.15, 0.2) is 30.5 Å². The van der Waals surface area contributed by atoms with Gasteiger partial charge in [-0.3, -0.25) is 0 Å². The van der Waals surface area contributed by atoms with E-state index >= 15 is 0 Å². The van der Waals surface area contributed by atoms with Crippen LogP contribution >= 0.6 is 0 Å². The maximum absolute atomic E-state index is 5.65. The minimum absolute atomic E-state index is 0.193. The van der Waals surface area contributed by atoms with Gasteiger partial charge in [-0.2, -0.15) is 4.98 Å². The Kier molecular flexibility index (Phi) is 2.95. The van der Waals surface area contributed by atoms with Crippen molar-refractivity contribution in [3.8, 4) is 5.75 Å². The van der Waals surface area contributed by atoms with Crippen LogP contribution in [0.1, 0.15) is 23.6 Å². The molecule has 3 rings (SSSR count). The van der Waals surface area contributed by atoms with Gasteiger partial charge in [0.2, 0.25) is 5.95 Å². The molecule has 1 aromatic carbocycles. The van der Waals surface area contributed by atoms with Crippen molar-refractivity contribution in [2.45, 2.75) is 19.4 Å². The van der Waals surface area contributed by atoms with Gasteiger partial charge in [0.1, 0.15) is 11.6 Å². The number of para-hydroxylation sites is 1. The minimum atomic E-state index is 0.193. The zero-order chi connectivity index (χ0) is 13.2. The van der Waals surface area contributed by atoms with Gasteiger partial charge in [0, 0.05) is 23.7 Å². The van der Waals surface area contributed by atoms with E-state index < -0.39 is 0 Å². The summed E-state index contributed by atoms with van der Waals surface area (Å²) in [6.45, 7) is 2.67.